The summed E-state index contributed by atoms with van der Waals surface area (Å²) in [6.45, 7) is 4.12. The van der Waals surface area contributed by atoms with Crippen LogP contribution >= 0.6 is 7.37 Å². The van der Waals surface area contributed by atoms with E-state index in [0.29, 0.717) is 18.7 Å². The quantitative estimate of drug-likeness (QED) is 0.646. The summed E-state index contributed by atoms with van der Waals surface area (Å²) in [6.07, 6.45) is 5.12. The molecule has 1 saturated heterocycles. The van der Waals surface area contributed by atoms with Crippen molar-refractivity contribution < 1.29 is 17.5 Å². The summed E-state index contributed by atoms with van der Waals surface area (Å²) in [5.74, 6) is 0.231. The normalized spacial score (nSPS) is 23.3. The van der Waals surface area contributed by atoms with Crippen LogP contribution in [0.3, 0.4) is 0 Å². The van der Waals surface area contributed by atoms with Gasteiger partial charge in [-0.1, -0.05) is 26.7 Å². The molecule has 0 aromatic carbocycles. The van der Waals surface area contributed by atoms with E-state index in [1.807, 2.05) is 0 Å². The van der Waals surface area contributed by atoms with Crippen molar-refractivity contribution in [2.24, 2.45) is 0 Å². The molecule has 0 unspecified atom stereocenters. The Hall–Kier alpha value is 0.140. The van der Waals surface area contributed by atoms with Gasteiger partial charge < -0.3 is 4.52 Å². The topological polar surface area (TPSA) is 60.4 Å². The fraction of sp³-hybridized carbons (Fsp3) is 1.00. The van der Waals surface area contributed by atoms with Crippen LogP contribution in [0.25, 0.3) is 0 Å². The fourth-order valence-corrected chi connectivity index (χ4v) is 6.58. The van der Waals surface area contributed by atoms with Gasteiger partial charge in [-0.05, 0) is 19.3 Å². The van der Waals surface area contributed by atoms with Gasteiger partial charge in [0.15, 0.2) is 9.84 Å². The number of hydrogen-bond acceptors (Lipinski definition) is 4. The highest BCUT2D eigenvalue weighted by Crippen LogP contribution is 2.50. The van der Waals surface area contributed by atoms with Gasteiger partial charge in [0.1, 0.15) is 0 Å². The van der Waals surface area contributed by atoms with Crippen molar-refractivity contribution in [3.63, 3.8) is 0 Å². The molecule has 18 heavy (non-hydrogen) atoms. The standard InChI is InChI=1S/C12H25O4PS/c1-3-5-8-17(13,9-6-4-2)16-12-7-10-18(14,15)11-12/h12H,3-11H2,1-2H3/t12-/m0/s1. The van der Waals surface area contributed by atoms with E-state index in [2.05, 4.69) is 13.8 Å². The van der Waals surface area contributed by atoms with Gasteiger partial charge in [0.2, 0.25) is 7.37 Å². The van der Waals surface area contributed by atoms with Crippen molar-refractivity contribution in [2.45, 2.75) is 52.1 Å². The first-order valence-electron chi connectivity index (χ1n) is 6.87. The Bertz CT molecular complexity index is 379. The van der Waals surface area contributed by atoms with Crippen LogP contribution in [0.15, 0.2) is 0 Å². The second kappa shape index (κ2) is 7.06. The summed E-state index contributed by atoms with van der Waals surface area (Å²) in [7, 11) is -5.58. The predicted molar refractivity (Wildman–Crippen MR) is 75.3 cm³/mol. The first-order chi connectivity index (χ1) is 8.41. The molecule has 0 amide bonds. The highest BCUT2D eigenvalue weighted by molar-refractivity contribution is 7.91. The van der Waals surface area contributed by atoms with Gasteiger partial charge in [0.25, 0.3) is 0 Å². The molecule has 0 bridgehead atoms. The van der Waals surface area contributed by atoms with Crippen molar-refractivity contribution in [1.29, 1.82) is 0 Å². The molecular formula is C12H25O4PS. The average Bonchev–Trinajstić information content (AvgIpc) is 2.63. The lowest BCUT2D eigenvalue weighted by atomic mass is 10.3. The lowest BCUT2D eigenvalue weighted by Crippen LogP contribution is -2.15. The van der Waals surface area contributed by atoms with E-state index in [9.17, 15) is 13.0 Å². The van der Waals surface area contributed by atoms with Crippen LogP contribution in [0.2, 0.25) is 0 Å². The first-order valence-corrected chi connectivity index (χ1v) is 10.7. The molecule has 1 atom stereocenters. The summed E-state index contributed by atoms with van der Waals surface area (Å²) in [5, 5.41) is 0. The first kappa shape index (κ1) is 16.2. The van der Waals surface area contributed by atoms with Crippen molar-refractivity contribution in [1.82, 2.24) is 0 Å². The molecule has 0 spiro atoms. The number of sulfone groups is 1. The van der Waals surface area contributed by atoms with Crippen molar-refractivity contribution >= 4 is 17.2 Å². The Kier molecular flexibility index (Phi) is 6.36. The molecule has 0 aromatic rings. The minimum atomic E-state index is -2.95. The molecule has 4 nitrogen and oxygen atoms in total. The maximum atomic E-state index is 12.7. The van der Waals surface area contributed by atoms with Gasteiger partial charge in [-0.15, -0.1) is 0 Å². The van der Waals surface area contributed by atoms with E-state index < -0.39 is 17.2 Å². The van der Waals surface area contributed by atoms with Crippen LogP contribution in [-0.4, -0.2) is 38.4 Å². The molecule has 0 saturated carbocycles. The lowest BCUT2D eigenvalue weighted by molar-refractivity contribution is 0.229. The Balaban J connectivity index is 2.58. The third kappa shape index (κ3) is 5.41. The molecule has 0 radical (unpaired) electrons. The summed E-state index contributed by atoms with van der Waals surface area (Å²) < 4.78 is 41.2. The molecular weight excluding hydrogens is 271 g/mol. The van der Waals surface area contributed by atoms with Crippen molar-refractivity contribution in [2.75, 3.05) is 23.8 Å². The van der Waals surface area contributed by atoms with E-state index in [1.54, 1.807) is 0 Å². The minimum Gasteiger partial charge on any atom is -0.324 e. The second-order valence-electron chi connectivity index (χ2n) is 5.10. The van der Waals surface area contributed by atoms with Gasteiger partial charge in [0, 0.05) is 12.3 Å². The third-order valence-corrected chi connectivity index (χ3v) is 7.65. The molecule has 1 aliphatic heterocycles. The predicted octanol–water partition coefficient (Wildman–Crippen LogP) is 3.07. The smallest absolute Gasteiger partial charge is 0.203 e. The lowest BCUT2D eigenvalue weighted by Gasteiger charge is -2.21. The van der Waals surface area contributed by atoms with Crippen LogP contribution in [0.4, 0.5) is 0 Å². The van der Waals surface area contributed by atoms with Crippen LogP contribution in [-0.2, 0) is 18.9 Å². The monoisotopic (exact) mass is 296 g/mol. The van der Waals surface area contributed by atoms with Crippen LogP contribution < -0.4 is 0 Å². The SMILES string of the molecule is CCCCP(=O)(CCCC)O[C@H]1CCS(=O)(=O)C1. The van der Waals surface area contributed by atoms with Gasteiger partial charge in [-0.3, -0.25) is 4.57 Å². The average molecular weight is 296 g/mol. The molecule has 0 aliphatic carbocycles. The Labute approximate surface area is 111 Å². The maximum absolute atomic E-state index is 12.7. The number of hydrogen-bond donors (Lipinski definition) is 0. The zero-order chi connectivity index (χ0) is 13.6. The van der Waals surface area contributed by atoms with E-state index in [1.165, 1.54) is 0 Å². The summed E-state index contributed by atoms with van der Waals surface area (Å²) in [6, 6.07) is 0. The van der Waals surface area contributed by atoms with Gasteiger partial charge in [-0.2, -0.15) is 0 Å². The van der Waals surface area contributed by atoms with E-state index >= 15 is 0 Å². The third-order valence-electron chi connectivity index (χ3n) is 3.24. The number of unbranched alkanes of at least 4 members (excludes halogenated alkanes) is 2. The minimum absolute atomic E-state index is 0.0508. The molecule has 1 rings (SSSR count). The number of rotatable bonds is 8. The Morgan fingerprint density at radius 1 is 1.17 bits per heavy atom. The highest BCUT2D eigenvalue weighted by Gasteiger charge is 2.34. The Morgan fingerprint density at radius 2 is 1.72 bits per heavy atom. The largest absolute Gasteiger partial charge is 0.324 e. The van der Waals surface area contributed by atoms with E-state index in [4.69, 9.17) is 4.52 Å². The Morgan fingerprint density at radius 3 is 2.11 bits per heavy atom. The molecule has 0 N–H and O–H groups in total. The molecule has 108 valence electrons. The zero-order valence-electron chi connectivity index (χ0n) is 11.4. The highest BCUT2D eigenvalue weighted by atomic mass is 32.2. The van der Waals surface area contributed by atoms with E-state index in [0.717, 1.165) is 25.7 Å². The van der Waals surface area contributed by atoms with Gasteiger partial charge >= 0.3 is 0 Å². The van der Waals surface area contributed by atoms with Gasteiger partial charge in [0.05, 0.1) is 17.6 Å². The summed E-state index contributed by atoms with van der Waals surface area (Å²) in [4.78, 5) is 0. The summed E-state index contributed by atoms with van der Waals surface area (Å²) in [5.41, 5.74) is 0. The maximum Gasteiger partial charge on any atom is 0.203 e. The molecule has 6 heteroatoms. The fourth-order valence-electron chi connectivity index (χ4n) is 2.13. The van der Waals surface area contributed by atoms with Crippen molar-refractivity contribution in [3.8, 4) is 0 Å². The molecule has 0 aromatic heterocycles. The molecule has 1 aliphatic rings. The van der Waals surface area contributed by atoms with Crippen LogP contribution in [0.5, 0.6) is 0 Å². The van der Waals surface area contributed by atoms with Crippen molar-refractivity contribution in [3.05, 3.63) is 0 Å². The molecule has 1 heterocycles. The van der Waals surface area contributed by atoms with Crippen LogP contribution in [0, 0.1) is 0 Å². The second-order valence-corrected chi connectivity index (χ2v) is 10.1. The summed E-state index contributed by atoms with van der Waals surface area (Å²) >= 11 is 0. The van der Waals surface area contributed by atoms with Gasteiger partial charge in [-0.25, -0.2) is 8.42 Å². The zero-order valence-corrected chi connectivity index (χ0v) is 13.1. The molecule has 1 fully saturated rings. The van der Waals surface area contributed by atoms with Crippen LogP contribution in [0.1, 0.15) is 46.0 Å². The van der Waals surface area contributed by atoms with E-state index in [-0.39, 0.29) is 17.6 Å².